The normalized spacial score (nSPS) is 8.56. The van der Waals surface area contributed by atoms with Crippen LogP contribution in [0.5, 0.6) is 0 Å². The van der Waals surface area contributed by atoms with Crippen molar-refractivity contribution in [1.29, 1.82) is 0 Å². The van der Waals surface area contributed by atoms with Gasteiger partial charge in [-0.25, -0.2) is 4.98 Å². The molecule has 1 aromatic heterocycles. The molecule has 0 amide bonds. The highest BCUT2D eigenvalue weighted by Crippen LogP contribution is 1.74. The van der Waals surface area contributed by atoms with Gasteiger partial charge in [-0.15, -0.1) is 17.0 Å². The first kappa shape index (κ1) is 8.58. The third-order valence-corrected chi connectivity index (χ3v) is 0.825. The Morgan fingerprint density at radius 2 is 2.33 bits per heavy atom. The standard InChI is InChI=1S/C4H8N4.BrH/c5-1-2-8-4-6-3-7-8;/h3-4H,1-2,5H2;1H. The molecule has 0 aliphatic rings. The van der Waals surface area contributed by atoms with E-state index in [1.165, 1.54) is 6.33 Å². The Balaban J connectivity index is 0.000000640. The van der Waals surface area contributed by atoms with Crippen LogP contribution in [0.3, 0.4) is 0 Å². The summed E-state index contributed by atoms with van der Waals surface area (Å²) in [5.74, 6) is 0. The summed E-state index contributed by atoms with van der Waals surface area (Å²) in [6, 6.07) is 0. The molecule has 0 bridgehead atoms. The molecule has 0 saturated carbocycles. The van der Waals surface area contributed by atoms with Gasteiger partial charge in [0.1, 0.15) is 12.7 Å². The molecule has 1 rings (SSSR count). The summed E-state index contributed by atoms with van der Waals surface area (Å²) in [5, 5.41) is 3.83. The van der Waals surface area contributed by atoms with Crippen LogP contribution in [-0.4, -0.2) is 21.3 Å². The highest BCUT2D eigenvalue weighted by Gasteiger charge is 1.83. The zero-order valence-corrected chi connectivity index (χ0v) is 6.61. The van der Waals surface area contributed by atoms with Gasteiger partial charge in [0.15, 0.2) is 0 Å². The van der Waals surface area contributed by atoms with Crippen molar-refractivity contribution in [3.8, 4) is 0 Å². The molecule has 0 aromatic carbocycles. The molecule has 1 heterocycles. The maximum absolute atomic E-state index is 5.23. The largest absolute Gasteiger partial charge is 0.329 e. The van der Waals surface area contributed by atoms with E-state index < -0.39 is 0 Å². The van der Waals surface area contributed by atoms with Gasteiger partial charge < -0.3 is 5.73 Å². The molecule has 0 unspecified atom stereocenters. The molecule has 2 N–H and O–H groups in total. The lowest BCUT2D eigenvalue weighted by molar-refractivity contribution is 0.623. The van der Waals surface area contributed by atoms with Crippen LogP contribution >= 0.6 is 17.0 Å². The Hall–Kier alpha value is -0.420. The fourth-order valence-corrected chi connectivity index (χ4v) is 0.480. The fraction of sp³-hybridized carbons (Fsp3) is 0.500. The van der Waals surface area contributed by atoms with Crippen LogP contribution < -0.4 is 5.73 Å². The first-order chi connectivity index (χ1) is 3.93. The number of nitrogens with two attached hydrogens (primary N) is 1. The van der Waals surface area contributed by atoms with Gasteiger partial charge in [0, 0.05) is 6.54 Å². The maximum atomic E-state index is 5.23. The van der Waals surface area contributed by atoms with E-state index in [0.717, 1.165) is 6.54 Å². The first-order valence-corrected chi connectivity index (χ1v) is 2.46. The van der Waals surface area contributed by atoms with Gasteiger partial charge in [-0.05, 0) is 0 Å². The molecule has 0 spiro atoms. The third-order valence-electron chi connectivity index (χ3n) is 0.825. The van der Waals surface area contributed by atoms with Crippen LogP contribution in [0.15, 0.2) is 12.7 Å². The number of hydrogen-bond acceptors (Lipinski definition) is 3. The van der Waals surface area contributed by atoms with E-state index in [0.29, 0.717) is 6.54 Å². The zero-order chi connectivity index (χ0) is 5.82. The number of aromatic nitrogens is 3. The minimum absolute atomic E-state index is 0. The quantitative estimate of drug-likeness (QED) is 0.708. The molecule has 5 heteroatoms. The van der Waals surface area contributed by atoms with Gasteiger partial charge in [0.05, 0.1) is 6.54 Å². The van der Waals surface area contributed by atoms with Crippen LogP contribution in [0.2, 0.25) is 0 Å². The second-order valence-corrected chi connectivity index (χ2v) is 1.45. The summed E-state index contributed by atoms with van der Waals surface area (Å²) in [6.07, 6.45) is 3.14. The van der Waals surface area contributed by atoms with E-state index >= 15 is 0 Å². The molecule has 1 aromatic rings. The molecule has 9 heavy (non-hydrogen) atoms. The van der Waals surface area contributed by atoms with Crippen LogP contribution in [0.25, 0.3) is 0 Å². The molecule has 0 fully saturated rings. The van der Waals surface area contributed by atoms with E-state index in [4.69, 9.17) is 5.73 Å². The van der Waals surface area contributed by atoms with Crippen molar-refractivity contribution in [3.05, 3.63) is 12.7 Å². The van der Waals surface area contributed by atoms with Crippen molar-refractivity contribution in [1.82, 2.24) is 14.8 Å². The van der Waals surface area contributed by atoms with Crippen LogP contribution in [0.1, 0.15) is 0 Å². The van der Waals surface area contributed by atoms with Crippen molar-refractivity contribution in [2.24, 2.45) is 5.73 Å². The lowest BCUT2D eigenvalue weighted by Crippen LogP contribution is -2.09. The van der Waals surface area contributed by atoms with Crippen molar-refractivity contribution in [3.63, 3.8) is 0 Å². The number of halogens is 1. The summed E-state index contributed by atoms with van der Waals surface area (Å²) >= 11 is 0. The smallest absolute Gasteiger partial charge is 0.137 e. The Morgan fingerprint density at radius 1 is 1.56 bits per heavy atom. The van der Waals surface area contributed by atoms with E-state index in [-0.39, 0.29) is 17.0 Å². The fourth-order valence-electron chi connectivity index (χ4n) is 0.480. The van der Waals surface area contributed by atoms with Crippen molar-refractivity contribution >= 4 is 17.0 Å². The maximum Gasteiger partial charge on any atom is 0.137 e. The number of rotatable bonds is 2. The van der Waals surface area contributed by atoms with Gasteiger partial charge in [-0.1, -0.05) is 0 Å². The summed E-state index contributed by atoms with van der Waals surface area (Å²) in [7, 11) is 0. The SMILES string of the molecule is Br.NCCn1cncn1. The van der Waals surface area contributed by atoms with Gasteiger partial charge >= 0.3 is 0 Å². The van der Waals surface area contributed by atoms with Gasteiger partial charge in [0.25, 0.3) is 0 Å². The predicted molar refractivity (Wildman–Crippen MR) is 39.4 cm³/mol. The lowest BCUT2D eigenvalue weighted by Gasteiger charge is -1.91. The average molecular weight is 193 g/mol. The zero-order valence-electron chi connectivity index (χ0n) is 4.90. The molecule has 52 valence electrons. The second kappa shape index (κ2) is 4.46. The van der Waals surface area contributed by atoms with Crippen LogP contribution in [0, 0.1) is 0 Å². The van der Waals surface area contributed by atoms with Gasteiger partial charge in [0.2, 0.25) is 0 Å². The third kappa shape index (κ3) is 2.57. The van der Waals surface area contributed by atoms with Gasteiger partial charge in [-0.2, -0.15) is 5.10 Å². The topological polar surface area (TPSA) is 56.7 Å². The minimum Gasteiger partial charge on any atom is -0.329 e. The second-order valence-electron chi connectivity index (χ2n) is 1.45. The number of nitrogens with zero attached hydrogens (tertiary/aromatic N) is 3. The molecule has 0 radical (unpaired) electrons. The highest BCUT2D eigenvalue weighted by molar-refractivity contribution is 8.93. The van der Waals surface area contributed by atoms with E-state index in [1.807, 2.05) is 0 Å². The Kier molecular flexibility index (Phi) is 4.25. The molecule has 0 atom stereocenters. The van der Waals surface area contributed by atoms with E-state index in [9.17, 15) is 0 Å². The Bertz CT molecular complexity index is 138. The van der Waals surface area contributed by atoms with Gasteiger partial charge in [-0.3, -0.25) is 4.68 Å². The van der Waals surface area contributed by atoms with E-state index in [1.54, 1.807) is 11.0 Å². The summed E-state index contributed by atoms with van der Waals surface area (Å²) in [6.45, 7) is 1.36. The van der Waals surface area contributed by atoms with Crippen molar-refractivity contribution in [2.45, 2.75) is 6.54 Å². The Labute approximate surface area is 63.8 Å². The molecular formula is C4H9BrN4. The van der Waals surface area contributed by atoms with Crippen molar-refractivity contribution in [2.75, 3.05) is 6.54 Å². The predicted octanol–water partition coefficient (Wildman–Crippen LogP) is -0.185. The summed E-state index contributed by atoms with van der Waals surface area (Å²) in [4.78, 5) is 3.74. The van der Waals surface area contributed by atoms with Crippen LogP contribution in [-0.2, 0) is 6.54 Å². The monoisotopic (exact) mass is 192 g/mol. The van der Waals surface area contributed by atoms with Crippen molar-refractivity contribution < 1.29 is 0 Å². The highest BCUT2D eigenvalue weighted by atomic mass is 79.9. The average Bonchev–Trinajstić information content (AvgIpc) is 2.19. The summed E-state index contributed by atoms with van der Waals surface area (Å²) in [5.41, 5.74) is 5.23. The molecule has 0 saturated heterocycles. The summed E-state index contributed by atoms with van der Waals surface area (Å²) < 4.78 is 1.69. The molecular weight excluding hydrogens is 184 g/mol. The molecule has 0 aliphatic carbocycles. The lowest BCUT2D eigenvalue weighted by atomic mass is 10.7. The van der Waals surface area contributed by atoms with Crippen LogP contribution in [0.4, 0.5) is 0 Å². The molecule has 4 nitrogen and oxygen atoms in total. The Morgan fingerprint density at radius 3 is 2.78 bits per heavy atom. The first-order valence-electron chi connectivity index (χ1n) is 2.46. The minimum atomic E-state index is 0. The molecule has 0 aliphatic heterocycles. The van der Waals surface area contributed by atoms with E-state index in [2.05, 4.69) is 10.1 Å². The number of hydrogen-bond donors (Lipinski definition) is 1.